The first-order valence-corrected chi connectivity index (χ1v) is 7.44. The van der Waals surface area contributed by atoms with Gasteiger partial charge in [0.2, 0.25) is 12.3 Å². The molecular formula is C14H18BrN3O2. The van der Waals surface area contributed by atoms with Crippen molar-refractivity contribution >= 4 is 33.9 Å². The molecule has 0 spiro atoms. The average Bonchev–Trinajstić information content (AvgIpc) is 2.48. The summed E-state index contributed by atoms with van der Waals surface area (Å²) in [5, 5.41) is 2.89. The first kappa shape index (κ1) is 15.0. The van der Waals surface area contributed by atoms with Crippen LogP contribution in [0.5, 0.6) is 0 Å². The average molecular weight is 340 g/mol. The number of nitrogens with one attached hydrogen (secondary N) is 1. The van der Waals surface area contributed by atoms with Gasteiger partial charge in [0.05, 0.1) is 5.69 Å². The lowest BCUT2D eigenvalue weighted by atomic mass is 10.2. The largest absolute Gasteiger partial charge is 0.343 e. The van der Waals surface area contributed by atoms with Crippen LogP contribution in [0, 0.1) is 0 Å². The summed E-state index contributed by atoms with van der Waals surface area (Å²) in [7, 11) is 0. The van der Waals surface area contributed by atoms with Crippen molar-refractivity contribution in [1.82, 2.24) is 9.80 Å². The van der Waals surface area contributed by atoms with E-state index in [0.717, 1.165) is 49.3 Å². The van der Waals surface area contributed by atoms with Gasteiger partial charge in [0.1, 0.15) is 0 Å². The van der Waals surface area contributed by atoms with Gasteiger partial charge in [0, 0.05) is 43.6 Å². The minimum absolute atomic E-state index is 0.00900. The van der Waals surface area contributed by atoms with Crippen molar-refractivity contribution in [1.29, 1.82) is 0 Å². The Morgan fingerprint density at radius 3 is 2.60 bits per heavy atom. The van der Waals surface area contributed by atoms with E-state index >= 15 is 0 Å². The Kier molecular flexibility index (Phi) is 5.55. The molecule has 0 radical (unpaired) electrons. The van der Waals surface area contributed by atoms with E-state index in [1.807, 2.05) is 24.3 Å². The molecule has 0 aromatic heterocycles. The number of para-hydroxylation sites is 1. The maximum Gasteiger partial charge on any atom is 0.225 e. The van der Waals surface area contributed by atoms with Crippen molar-refractivity contribution in [2.45, 2.75) is 6.42 Å². The molecule has 1 saturated heterocycles. The number of hydrogen-bond acceptors (Lipinski definition) is 3. The smallest absolute Gasteiger partial charge is 0.225 e. The zero-order chi connectivity index (χ0) is 14.4. The number of amides is 2. The predicted molar refractivity (Wildman–Crippen MR) is 81.5 cm³/mol. The summed E-state index contributed by atoms with van der Waals surface area (Å²) >= 11 is 3.40. The zero-order valence-corrected chi connectivity index (χ0v) is 12.8. The Morgan fingerprint density at radius 2 is 1.95 bits per heavy atom. The molecule has 2 rings (SSSR count). The lowest BCUT2D eigenvalue weighted by Gasteiger charge is -2.32. The van der Waals surface area contributed by atoms with Gasteiger partial charge >= 0.3 is 0 Å². The number of carbonyl (C=O) groups is 2. The third-order valence-corrected chi connectivity index (χ3v) is 4.05. The number of rotatable bonds is 5. The Labute approximate surface area is 127 Å². The summed E-state index contributed by atoms with van der Waals surface area (Å²) in [6, 6.07) is 7.56. The van der Waals surface area contributed by atoms with Crippen molar-refractivity contribution in [2.75, 3.05) is 38.0 Å². The summed E-state index contributed by atoms with van der Waals surface area (Å²) in [5.41, 5.74) is 0.795. The Morgan fingerprint density at radius 1 is 1.25 bits per heavy atom. The topological polar surface area (TPSA) is 52.7 Å². The second kappa shape index (κ2) is 7.40. The van der Waals surface area contributed by atoms with Crippen LogP contribution in [-0.4, -0.2) is 54.8 Å². The zero-order valence-electron chi connectivity index (χ0n) is 11.2. The number of piperazine rings is 1. The highest BCUT2D eigenvalue weighted by Crippen LogP contribution is 2.21. The molecule has 6 heteroatoms. The summed E-state index contributed by atoms with van der Waals surface area (Å²) in [5.74, 6) is 0.00900. The highest BCUT2D eigenvalue weighted by atomic mass is 79.9. The van der Waals surface area contributed by atoms with Gasteiger partial charge in [0.25, 0.3) is 0 Å². The van der Waals surface area contributed by atoms with E-state index in [1.54, 1.807) is 4.90 Å². The molecule has 2 amide bonds. The van der Waals surface area contributed by atoms with Crippen LogP contribution >= 0.6 is 15.9 Å². The van der Waals surface area contributed by atoms with E-state index in [-0.39, 0.29) is 5.91 Å². The van der Waals surface area contributed by atoms with Crippen LogP contribution in [0.25, 0.3) is 0 Å². The third-order valence-electron chi connectivity index (χ3n) is 3.36. The maximum absolute atomic E-state index is 11.9. The summed E-state index contributed by atoms with van der Waals surface area (Å²) in [6.45, 7) is 3.88. The minimum atomic E-state index is 0.00900. The second-order valence-electron chi connectivity index (χ2n) is 4.76. The van der Waals surface area contributed by atoms with Crippen LogP contribution in [0.3, 0.4) is 0 Å². The van der Waals surface area contributed by atoms with Gasteiger partial charge in [-0.1, -0.05) is 12.1 Å². The first-order valence-electron chi connectivity index (χ1n) is 6.65. The second-order valence-corrected chi connectivity index (χ2v) is 5.62. The monoisotopic (exact) mass is 339 g/mol. The summed E-state index contributed by atoms with van der Waals surface area (Å²) in [4.78, 5) is 26.5. The normalized spacial score (nSPS) is 15.9. The van der Waals surface area contributed by atoms with Crippen LogP contribution < -0.4 is 5.32 Å². The van der Waals surface area contributed by atoms with Crippen LogP contribution in [0.4, 0.5) is 5.69 Å². The Bertz CT molecular complexity index is 473. The molecule has 5 nitrogen and oxygen atoms in total. The fraction of sp³-hybridized carbons (Fsp3) is 0.429. The highest BCUT2D eigenvalue weighted by molar-refractivity contribution is 9.10. The molecule has 1 aliphatic rings. The van der Waals surface area contributed by atoms with Gasteiger partial charge in [0.15, 0.2) is 0 Å². The van der Waals surface area contributed by atoms with Crippen molar-refractivity contribution in [3.05, 3.63) is 28.7 Å². The standard InChI is InChI=1S/C14H18BrN3O2/c15-12-3-1-2-4-13(12)16-14(20)5-6-17-7-9-18(11-19)10-8-17/h1-4,11H,5-10H2,(H,16,20). The predicted octanol–water partition coefficient (Wildman–Crippen LogP) is 1.55. The first-order chi connectivity index (χ1) is 9.69. The highest BCUT2D eigenvalue weighted by Gasteiger charge is 2.16. The molecule has 0 atom stereocenters. The molecular weight excluding hydrogens is 322 g/mol. The van der Waals surface area contributed by atoms with E-state index in [0.29, 0.717) is 6.42 Å². The lowest BCUT2D eigenvalue weighted by molar-refractivity contribution is -0.120. The van der Waals surface area contributed by atoms with E-state index in [4.69, 9.17) is 0 Å². The van der Waals surface area contributed by atoms with Crippen molar-refractivity contribution in [3.8, 4) is 0 Å². The molecule has 20 heavy (non-hydrogen) atoms. The number of hydrogen-bond donors (Lipinski definition) is 1. The lowest BCUT2D eigenvalue weighted by Crippen LogP contribution is -2.46. The molecule has 0 saturated carbocycles. The Hall–Kier alpha value is -1.40. The fourth-order valence-electron chi connectivity index (χ4n) is 2.13. The van der Waals surface area contributed by atoms with Gasteiger partial charge < -0.3 is 10.2 Å². The van der Waals surface area contributed by atoms with Gasteiger partial charge in [-0.25, -0.2) is 0 Å². The van der Waals surface area contributed by atoms with Gasteiger partial charge in [-0.2, -0.15) is 0 Å². The summed E-state index contributed by atoms with van der Waals surface area (Å²) < 4.78 is 0.882. The SMILES string of the molecule is O=CN1CCN(CCC(=O)Nc2ccccc2Br)CC1. The van der Waals surface area contributed by atoms with E-state index < -0.39 is 0 Å². The third kappa shape index (κ3) is 4.31. The number of nitrogens with zero attached hydrogens (tertiary/aromatic N) is 2. The molecule has 0 unspecified atom stereocenters. The molecule has 1 aliphatic heterocycles. The molecule has 1 aromatic rings. The molecule has 108 valence electrons. The number of anilines is 1. The number of benzene rings is 1. The van der Waals surface area contributed by atoms with Crippen LogP contribution in [0.2, 0.25) is 0 Å². The van der Waals surface area contributed by atoms with Gasteiger partial charge in [-0.05, 0) is 28.1 Å². The van der Waals surface area contributed by atoms with Crippen molar-refractivity contribution in [2.24, 2.45) is 0 Å². The summed E-state index contributed by atoms with van der Waals surface area (Å²) in [6.07, 6.45) is 1.35. The van der Waals surface area contributed by atoms with E-state index in [2.05, 4.69) is 26.1 Å². The van der Waals surface area contributed by atoms with Gasteiger partial charge in [-0.3, -0.25) is 14.5 Å². The van der Waals surface area contributed by atoms with Crippen LogP contribution in [0.1, 0.15) is 6.42 Å². The van der Waals surface area contributed by atoms with Crippen molar-refractivity contribution in [3.63, 3.8) is 0 Å². The van der Waals surface area contributed by atoms with Crippen LogP contribution in [0.15, 0.2) is 28.7 Å². The fourth-order valence-corrected chi connectivity index (χ4v) is 2.51. The number of halogens is 1. The quantitative estimate of drug-likeness (QED) is 0.828. The van der Waals surface area contributed by atoms with E-state index in [9.17, 15) is 9.59 Å². The molecule has 1 N–H and O–H groups in total. The molecule has 1 heterocycles. The van der Waals surface area contributed by atoms with Gasteiger partial charge in [-0.15, -0.1) is 0 Å². The van der Waals surface area contributed by atoms with E-state index in [1.165, 1.54) is 0 Å². The molecule has 0 bridgehead atoms. The maximum atomic E-state index is 11.9. The molecule has 1 aromatic carbocycles. The Balaban J connectivity index is 1.73. The number of carbonyl (C=O) groups excluding carboxylic acids is 2. The molecule has 1 fully saturated rings. The van der Waals surface area contributed by atoms with Crippen LogP contribution in [-0.2, 0) is 9.59 Å². The van der Waals surface area contributed by atoms with Crippen molar-refractivity contribution < 1.29 is 9.59 Å². The molecule has 0 aliphatic carbocycles. The minimum Gasteiger partial charge on any atom is -0.343 e.